The van der Waals surface area contributed by atoms with Gasteiger partial charge in [0, 0.05) is 33.1 Å². The smallest absolute Gasteiger partial charge is 0.326 e. The van der Waals surface area contributed by atoms with Gasteiger partial charge in [-0.2, -0.15) is 0 Å². The molecule has 0 aromatic rings. The van der Waals surface area contributed by atoms with E-state index in [0.717, 1.165) is 57.8 Å². The summed E-state index contributed by atoms with van der Waals surface area (Å²) in [6, 6.07) is -0.979. The molecule has 9 nitrogen and oxygen atoms in total. The fourth-order valence-electron chi connectivity index (χ4n) is 9.20. The summed E-state index contributed by atoms with van der Waals surface area (Å²) >= 11 is 0. The molecule has 0 spiro atoms. The number of nitrogens with zero attached hydrogens (tertiary/aromatic N) is 1. The van der Waals surface area contributed by atoms with Gasteiger partial charge >= 0.3 is 5.97 Å². The molecule has 0 bridgehead atoms. The van der Waals surface area contributed by atoms with Crippen LogP contribution in [0, 0.1) is 29.6 Å². The van der Waals surface area contributed by atoms with Crippen LogP contribution >= 0.6 is 0 Å². The van der Waals surface area contributed by atoms with Crippen molar-refractivity contribution in [1.29, 1.82) is 0 Å². The van der Waals surface area contributed by atoms with Gasteiger partial charge in [0.15, 0.2) is 0 Å². The highest BCUT2D eigenvalue weighted by Gasteiger charge is 2.52. The van der Waals surface area contributed by atoms with Crippen LogP contribution in [-0.4, -0.2) is 84.2 Å². The number of likely N-dealkylation sites (tertiary alicyclic amines) is 1. The van der Waals surface area contributed by atoms with Gasteiger partial charge in [0.05, 0.1) is 18.3 Å². The van der Waals surface area contributed by atoms with Crippen LogP contribution in [-0.2, 0) is 33.4 Å². The maximum absolute atomic E-state index is 13.8. The number of hydrogen-bond acceptors (Lipinski definition) is 7. The highest BCUT2D eigenvalue weighted by molar-refractivity contribution is 6.39. The lowest BCUT2D eigenvalue weighted by molar-refractivity contribution is -0.206. The summed E-state index contributed by atoms with van der Waals surface area (Å²) in [6.45, 7) is 15.0. The van der Waals surface area contributed by atoms with Crippen molar-refractivity contribution in [2.45, 2.75) is 194 Å². The molecular formula is C46H77NO8. The molecule has 10 unspecified atom stereocenters. The second kappa shape index (κ2) is 23.1. The van der Waals surface area contributed by atoms with Crippen LogP contribution in [0.4, 0.5) is 0 Å². The molecule has 0 aromatic heterocycles. The molecule has 1 amide bonds. The van der Waals surface area contributed by atoms with E-state index < -0.39 is 29.3 Å². The Labute approximate surface area is 333 Å². The van der Waals surface area contributed by atoms with Crippen molar-refractivity contribution in [2.75, 3.05) is 20.8 Å². The van der Waals surface area contributed by atoms with Crippen molar-refractivity contribution in [3.63, 3.8) is 0 Å². The monoisotopic (exact) mass is 772 g/mol. The Morgan fingerprint density at radius 2 is 1.58 bits per heavy atom. The Kier molecular flexibility index (Phi) is 19.8. The zero-order valence-electron chi connectivity index (χ0n) is 36.0. The van der Waals surface area contributed by atoms with E-state index in [4.69, 9.17) is 14.2 Å². The van der Waals surface area contributed by atoms with Crippen molar-refractivity contribution in [3.05, 3.63) is 23.3 Å². The fraction of sp³-hybridized carbons (Fsp3) is 0.826. The van der Waals surface area contributed by atoms with Crippen LogP contribution in [0.25, 0.3) is 0 Å². The second-order valence-electron chi connectivity index (χ2n) is 17.8. The molecule has 2 aliphatic heterocycles. The van der Waals surface area contributed by atoms with Gasteiger partial charge in [-0.15, -0.1) is 0 Å². The minimum atomic E-state index is -1.36. The van der Waals surface area contributed by atoms with Crippen molar-refractivity contribution in [1.82, 2.24) is 4.90 Å². The van der Waals surface area contributed by atoms with E-state index in [1.54, 1.807) is 14.0 Å². The molecule has 2 saturated heterocycles. The first-order valence-corrected chi connectivity index (χ1v) is 21.8. The van der Waals surface area contributed by atoms with Gasteiger partial charge in [-0.3, -0.25) is 14.4 Å². The first-order chi connectivity index (χ1) is 26.1. The Hall–Kier alpha value is -2.36. The minimum Gasteiger partial charge on any atom is -0.480 e. The first kappa shape index (κ1) is 47.0. The summed E-state index contributed by atoms with van der Waals surface area (Å²) in [5, 5.41) is 9.72. The number of aliphatic carboxylic acids is 1. The molecule has 3 fully saturated rings. The third kappa shape index (κ3) is 13.9. The lowest BCUT2D eigenvalue weighted by Gasteiger charge is -2.46. The largest absolute Gasteiger partial charge is 0.480 e. The lowest BCUT2D eigenvalue weighted by atomic mass is 9.77. The first-order valence-electron chi connectivity index (χ1n) is 21.8. The summed E-state index contributed by atoms with van der Waals surface area (Å²) in [6.07, 6.45) is 20.5. The normalized spacial score (nSPS) is 29.7. The molecule has 10 atom stereocenters. The SMILES string of the molecule is CCC(C)C(C)CC(C=C(C)CCCCC1OC(C)(C(=O)C(=O)N2CCCCC2C(=O)O)C(C)CC1OC)C(=O)CCCCC(C)=CC1CCCC(OC)C1. The Morgan fingerprint density at radius 3 is 2.25 bits per heavy atom. The van der Waals surface area contributed by atoms with Gasteiger partial charge in [0.2, 0.25) is 0 Å². The topological polar surface area (TPSA) is 119 Å². The van der Waals surface area contributed by atoms with Gasteiger partial charge in [0.1, 0.15) is 17.4 Å². The quantitative estimate of drug-likeness (QED) is 0.0657. The summed E-state index contributed by atoms with van der Waals surface area (Å²) < 4.78 is 18.0. The number of methoxy groups -OCH3 is 2. The standard InChI is InChI=1S/C46H77NO8/c1-10-33(4)34(5)28-37(40(48)23-13-11-18-31(2)26-36-20-17-21-38(30-36)53-8)27-32(3)19-12-14-24-41-42(54-9)29-35(6)46(7,55-41)43(49)44(50)47-25-16-15-22-39(47)45(51)52/h26-27,33-39,41-42H,10-25,28-30H2,1-9H3,(H,51,52). The van der Waals surface area contributed by atoms with E-state index in [0.29, 0.717) is 68.2 Å². The van der Waals surface area contributed by atoms with Crippen LogP contribution in [0.1, 0.15) is 164 Å². The van der Waals surface area contributed by atoms with E-state index in [-0.39, 0.29) is 30.6 Å². The van der Waals surface area contributed by atoms with Gasteiger partial charge in [0.25, 0.3) is 11.7 Å². The molecule has 2 heterocycles. The van der Waals surface area contributed by atoms with Crippen LogP contribution in [0.5, 0.6) is 0 Å². The number of allylic oxidation sites excluding steroid dienone is 4. The van der Waals surface area contributed by atoms with E-state index in [1.807, 2.05) is 14.0 Å². The number of Topliss-reactive ketones (excluding diaryl/α,β-unsaturated/α-hetero) is 2. The number of hydrogen-bond donors (Lipinski definition) is 1. The number of carboxylic acids is 1. The highest BCUT2D eigenvalue weighted by atomic mass is 16.6. The molecule has 1 saturated carbocycles. The maximum Gasteiger partial charge on any atom is 0.326 e. The average Bonchev–Trinajstić information content (AvgIpc) is 3.17. The number of amides is 1. The average molecular weight is 772 g/mol. The van der Waals surface area contributed by atoms with Crippen molar-refractivity contribution in [2.24, 2.45) is 29.6 Å². The van der Waals surface area contributed by atoms with Crippen molar-refractivity contribution < 1.29 is 38.5 Å². The predicted molar refractivity (Wildman–Crippen MR) is 219 cm³/mol. The van der Waals surface area contributed by atoms with E-state index in [1.165, 1.54) is 35.3 Å². The summed E-state index contributed by atoms with van der Waals surface area (Å²) in [4.78, 5) is 54.1. The molecule has 3 aliphatic rings. The molecule has 1 N–H and O–H groups in total. The van der Waals surface area contributed by atoms with Gasteiger partial charge in [-0.1, -0.05) is 70.3 Å². The van der Waals surface area contributed by atoms with Crippen molar-refractivity contribution in [3.8, 4) is 0 Å². The predicted octanol–water partition coefficient (Wildman–Crippen LogP) is 9.70. The second-order valence-corrected chi connectivity index (χ2v) is 17.8. The summed E-state index contributed by atoms with van der Waals surface area (Å²) in [5.74, 6) is -0.848. The number of carbonyl (C=O) groups excluding carboxylic acids is 3. The van der Waals surface area contributed by atoms with E-state index in [9.17, 15) is 24.3 Å². The summed E-state index contributed by atoms with van der Waals surface area (Å²) in [5.41, 5.74) is 1.32. The molecule has 9 heteroatoms. The molecule has 314 valence electrons. The molecule has 1 aliphatic carbocycles. The molecule has 3 rings (SSSR count). The van der Waals surface area contributed by atoms with Gasteiger partial charge in [-0.25, -0.2) is 4.79 Å². The number of rotatable bonds is 22. The number of carbonyl (C=O) groups is 4. The Bertz CT molecular complexity index is 1310. The van der Waals surface area contributed by atoms with E-state index in [2.05, 4.69) is 46.8 Å². The van der Waals surface area contributed by atoms with E-state index >= 15 is 0 Å². The summed E-state index contributed by atoms with van der Waals surface area (Å²) in [7, 11) is 3.48. The third-order valence-corrected chi connectivity index (χ3v) is 13.5. The van der Waals surface area contributed by atoms with Gasteiger partial charge in [-0.05, 0) is 134 Å². The Morgan fingerprint density at radius 1 is 0.891 bits per heavy atom. The molecule has 55 heavy (non-hydrogen) atoms. The lowest BCUT2D eigenvalue weighted by Crippen LogP contribution is -2.61. The zero-order chi connectivity index (χ0) is 40.7. The van der Waals surface area contributed by atoms with Crippen LogP contribution in [0.2, 0.25) is 0 Å². The molecule has 0 radical (unpaired) electrons. The van der Waals surface area contributed by atoms with Crippen LogP contribution in [0.15, 0.2) is 23.3 Å². The minimum absolute atomic E-state index is 0.0696. The van der Waals surface area contributed by atoms with Crippen LogP contribution < -0.4 is 0 Å². The number of carboxylic acid groups (broad SMARTS) is 1. The number of ether oxygens (including phenoxy) is 3. The Balaban J connectivity index is 1.56. The molecular weight excluding hydrogens is 695 g/mol. The third-order valence-electron chi connectivity index (χ3n) is 13.5. The number of piperidine rings is 1. The number of unbranched alkanes of at least 4 members (excludes halogenated alkanes) is 2. The fourth-order valence-corrected chi connectivity index (χ4v) is 9.20. The van der Waals surface area contributed by atoms with Crippen molar-refractivity contribution >= 4 is 23.4 Å². The zero-order valence-corrected chi connectivity index (χ0v) is 36.0. The maximum atomic E-state index is 13.8. The molecule has 0 aromatic carbocycles. The number of ketones is 2. The highest BCUT2D eigenvalue weighted by Crippen LogP contribution is 2.39. The van der Waals surface area contributed by atoms with Crippen LogP contribution in [0.3, 0.4) is 0 Å². The van der Waals surface area contributed by atoms with Gasteiger partial charge < -0.3 is 24.2 Å².